The monoisotopic (exact) mass is 484 g/mol. The van der Waals surface area contributed by atoms with Crippen LogP contribution in [0.5, 0.6) is 17.2 Å². The lowest BCUT2D eigenvalue weighted by Gasteiger charge is -2.14. The summed E-state index contributed by atoms with van der Waals surface area (Å²) in [4.78, 5) is 27.1. The molecule has 2 aliphatic rings. The van der Waals surface area contributed by atoms with Crippen molar-refractivity contribution in [2.24, 2.45) is 0 Å². The molecule has 0 bridgehead atoms. The molecule has 0 unspecified atom stereocenters. The Bertz CT molecular complexity index is 1080. The number of hydrogen-bond donors (Lipinski definition) is 1. The molecule has 0 radical (unpaired) electrons. The molecule has 2 aromatic carbocycles. The molecule has 172 valence electrons. The number of anilines is 1. The average Bonchev–Trinajstić information content (AvgIpc) is 3.38. The molecule has 2 heterocycles. The molecule has 9 heteroatoms. The number of unbranched alkanes of at least 4 members (excludes halogenated alkanes) is 2. The number of thioether (sulfide) groups is 1. The summed E-state index contributed by atoms with van der Waals surface area (Å²) in [5, 5.41) is 2.88. The van der Waals surface area contributed by atoms with Gasteiger partial charge in [0.1, 0.15) is 10.1 Å². The highest BCUT2D eigenvalue weighted by atomic mass is 32.2. The van der Waals surface area contributed by atoms with Crippen LogP contribution in [0.1, 0.15) is 31.2 Å². The van der Waals surface area contributed by atoms with E-state index in [9.17, 15) is 9.59 Å². The minimum absolute atomic E-state index is 0.0302. The maximum atomic E-state index is 12.8. The van der Waals surface area contributed by atoms with Crippen LogP contribution in [-0.2, 0) is 9.59 Å². The molecule has 0 spiro atoms. The van der Waals surface area contributed by atoms with Crippen LogP contribution >= 0.6 is 24.0 Å². The number of carbonyl (C=O) groups excluding carboxylic acids is 2. The fourth-order valence-electron chi connectivity index (χ4n) is 3.48. The lowest BCUT2D eigenvalue weighted by molar-refractivity contribution is -0.122. The first-order chi connectivity index (χ1) is 16.0. The summed E-state index contributed by atoms with van der Waals surface area (Å²) < 4.78 is 16.4. The molecule has 1 saturated heterocycles. The van der Waals surface area contributed by atoms with Crippen LogP contribution < -0.4 is 19.5 Å². The van der Waals surface area contributed by atoms with Crippen molar-refractivity contribution in [2.45, 2.75) is 25.7 Å². The van der Waals surface area contributed by atoms with E-state index in [1.807, 2.05) is 36.4 Å². The Morgan fingerprint density at radius 3 is 2.73 bits per heavy atom. The number of nitrogens with one attached hydrogen (secondary N) is 1. The van der Waals surface area contributed by atoms with E-state index in [1.165, 1.54) is 11.8 Å². The maximum absolute atomic E-state index is 12.8. The number of amides is 2. The van der Waals surface area contributed by atoms with Gasteiger partial charge in [-0.25, -0.2) is 0 Å². The van der Waals surface area contributed by atoms with E-state index in [0.717, 1.165) is 36.3 Å². The highest BCUT2D eigenvalue weighted by Crippen LogP contribution is 2.36. The molecule has 0 aromatic heterocycles. The second kappa shape index (κ2) is 10.7. The van der Waals surface area contributed by atoms with E-state index in [0.29, 0.717) is 33.7 Å². The molecule has 0 atom stereocenters. The molecule has 1 fully saturated rings. The van der Waals surface area contributed by atoms with Gasteiger partial charge in [0.15, 0.2) is 11.5 Å². The summed E-state index contributed by atoms with van der Waals surface area (Å²) in [6, 6.07) is 12.8. The summed E-state index contributed by atoms with van der Waals surface area (Å²) in [6.45, 7) is 0.757. The second-order valence-corrected chi connectivity index (χ2v) is 9.21. The molecular formula is C24H24N2O5S2. The number of nitrogens with zero attached hydrogens (tertiary/aromatic N) is 1. The van der Waals surface area contributed by atoms with Gasteiger partial charge in [0.2, 0.25) is 12.7 Å². The minimum atomic E-state index is -0.0834. The van der Waals surface area contributed by atoms with Crippen molar-refractivity contribution in [3.8, 4) is 17.2 Å². The summed E-state index contributed by atoms with van der Waals surface area (Å²) in [5.74, 6) is 2.01. The molecule has 4 rings (SSSR count). The van der Waals surface area contributed by atoms with Gasteiger partial charge in [-0.1, -0.05) is 36.5 Å². The Labute approximate surface area is 202 Å². The number of rotatable bonds is 9. The first kappa shape index (κ1) is 23.1. The van der Waals surface area contributed by atoms with Gasteiger partial charge in [0.05, 0.1) is 12.0 Å². The van der Waals surface area contributed by atoms with Gasteiger partial charge in [-0.15, -0.1) is 0 Å². The van der Waals surface area contributed by atoms with Crippen molar-refractivity contribution in [1.29, 1.82) is 0 Å². The Morgan fingerprint density at radius 1 is 1.15 bits per heavy atom. The topological polar surface area (TPSA) is 77.1 Å². The number of ether oxygens (including phenoxy) is 3. The van der Waals surface area contributed by atoms with E-state index in [4.69, 9.17) is 26.4 Å². The Morgan fingerprint density at radius 2 is 1.94 bits per heavy atom. The van der Waals surface area contributed by atoms with Crippen molar-refractivity contribution in [3.63, 3.8) is 0 Å². The van der Waals surface area contributed by atoms with Crippen molar-refractivity contribution in [3.05, 3.63) is 52.9 Å². The lowest BCUT2D eigenvalue weighted by atomic mass is 10.1. The van der Waals surface area contributed by atoms with Crippen molar-refractivity contribution in [1.82, 2.24) is 4.90 Å². The van der Waals surface area contributed by atoms with Crippen LogP contribution in [0, 0.1) is 0 Å². The van der Waals surface area contributed by atoms with Crippen molar-refractivity contribution >= 4 is 51.9 Å². The van der Waals surface area contributed by atoms with E-state index in [1.54, 1.807) is 24.1 Å². The number of fused-ring (bicyclic) bond motifs is 1. The molecule has 2 aromatic rings. The number of methoxy groups -OCH3 is 1. The number of hydrogen-bond acceptors (Lipinski definition) is 7. The standard InChI is InChI=1S/C24H24N2O5S2/c1-29-18-9-7-17(8-10-18)25-22(27)5-3-2-4-12-26-23(28)21(33-24(26)32)14-16-6-11-19-20(13-16)31-15-30-19/h6-11,13-14H,2-5,12,15H2,1H3,(H,25,27). The van der Waals surface area contributed by atoms with Crippen LogP contribution in [0.4, 0.5) is 5.69 Å². The van der Waals surface area contributed by atoms with Crippen LogP contribution in [-0.4, -0.2) is 41.5 Å². The van der Waals surface area contributed by atoms with Crippen LogP contribution in [0.3, 0.4) is 0 Å². The first-order valence-electron chi connectivity index (χ1n) is 10.6. The molecule has 7 nitrogen and oxygen atoms in total. The number of benzene rings is 2. The summed E-state index contributed by atoms with van der Waals surface area (Å²) >= 11 is 6.72. The third-order valence-corrected chi connectivity index (χ3v) is 6.61. The van der Waals surface area contributed by atoms with Crippen LogP contribution in [0.25, 0.3) is 6.08 Å². The van der Waals surface area contributed by atoms with Crippen molar-refractivity contribution < 1.29 is 23.8 Å². The number of thiocarbonyl (C=S) groups is 1. The Hall–Kier alpha value is -3.04. The van der Waals surface area contributed by atoms with Gasteiger partial charge in [0.25, 0.3) is 5.91 Å². The maximum Gasteiger partial charge on any atom is 0.266 e. The molecular weight excluding hydrogens is 460 g/mol. The van der Waals surface area contributed by atoms with E-state index in [-0.39, 0.29) is 18.6 Å². The van der Waals surface area contributed by atoms with Crippen LogP contribution in [0.15, 0.2) is 47.4 Å². The van der Waals surface area contributed by atoms with Gasteiger partial charge in [-0.3, -0.25) is 14.5 Å². The highest BCUT2D eigenvalue weighted by molar-refractivity contribution is 8.26. The van der Waals surface area contributed by atoms with Crippen molar-refractivity contribution in [2.75, 3.05) is 25.8 Å². The summed E-state index contributed by atoms with van der Waals surface area (Å²) in [6.07, 6.45) is 4.59. The third-order valence-electron chi connectivity index (χ3n) is 5.23. The van der Waals surface area contributed by atoms with E-state index in [2.05, 4.69) is 5.32 Å². The molecule has 0 aliphatic carbocycles. The molecule has 2 aliphatic heterocycles. The third kappa shape index (κ3) is 5.85. The number of carbonyl (C=O) groups is 2. The normalized spacial score (nSPS) is 15.9. The van der Waals surface area contributed by atoms with Gasteiger partial charge < -0.3 is 19.5 Å². The largest absolute Gasteiger partial charge is 0.497 e. The zero-order chi connectivity index (χ0) is 23.2. The van der Waals surface area contributed by atoms with Gasteiger partial charge >= 0.3 is 0 Å². The minimum Gasteiger partial charge on any atom is -0.497 e. The zero-order valence-electron chi connectivity index (χ0n) is 18.2. The smallest absolute Gasteiger partial charge is 0.266 e. The second-order valence-electron chi connectivity index (χ2n) is 7.53. The highest BCUT2D eigenvalue weighted by Gasteiger charge is 2.31. The summed E-state index contributed by atoms with van der Waals surface area (Å²) in [7, 11) is 1.60. The van der Waals surface area contributed by atoms with E-state index < -0.39 is 0 Å². The quantitative estimate of drug-likeness (QED) is 0.310. The SMILES string of the molecule is COc1ccc(NC(=O)CCCCCN2C(=O)C(=Cc3ccc4c(c3)OCO4)SC2=S)cc1. The fourth-order valence-corrected chi connectivity index (χ4v) is 4.79. The molecule has 0 saturated carbocycles. The summed E-state index contributed by atoms with van der Waals surface area (Å²) in [5.41, 5.74) is 1.61. The van der Waals surface area contributed by atoms with Gasteiger partial charge in [0, 0.05) is 18.7 Å². The van der Waals surface area contributed by atoms with Crippen LogP contribution in [0.2, 0.25) is 0 Å². The Balaban J connectivity index is 1.20. The first-order valence-corrected chi connectivity index (χ1v) is 11.8. The molecule has 33 heavy (non-hydrogen) atoms. The molecule has 1 N–H and O–H groups in total. The lowest BCUT2D eigenvalue weighted by Crippen LogP contribution is -2.29. The fraction of sp³-hybridized carbons (Fsp3) is 0.292. The van der Waals surface area contributed by atoms with E-state index >= 15 is 0 Å². The average molecular weight is 485 g/mol. The predicted octanol–water partition coefficient (Wildman–Crippen LogP) is 4.82. The van der Waals surface area contributed by atoms with Gasteiger partial charge in [-0.2, -0.15) is 0 Å². The molecule has 2 amide bonds. The van der Waals surface area contributed by atoms with Gasteiger partial charge in [-0.05, 0) is 60.9 Å². The predicted molar refractivity (Wildman–Crippen MR) is 133 cm³/mol. The zero-order valence-corrected chi connectivity index (χ0v) is 19.8. The Kier molecular flexibility index (Phi) is 7.51.